The SMILES string of the molecule is CCC(C)(C)N(C(=O)C(CC(N)=O)NC(=O)OC(C)(C)C)C(C(=O)Nc1ccc2ccccc2c1)c1ccc(O)cc1. The summed E-state index contributed by atoms with van der Waals surface area (Å²) >= 11 is 0. The van der Waals surface area contributed by atoms with Gasteiger partial charge in [0, 0.05) is 11.2 Å². The minimum atomic E-state index is -1.41. The first kappa shape index (κ1) is 31.9. The molecule has 10 nitrogen and oxygen atoms in total. The second-order valence-electron chi connectivity index (χ2n) is 11.8. The molecule has 3 aromatic rings. The van der Waals surface area contributed by atoms with Crippen molar-refractivity contribution in [3.8, 4) is 5.75 Å². The van der Waals surface area contributed by atoms with Crippen LogP contribution in [0, 0.1) is 0 Å². The zero-order valence-corrected chi connectivity index (χ0v) is 24.9. The number of carbonyl (C=O) groups excluding carboxylic acids is 4. The largest absolute Gasteiger partial charge is 0.508 e. The van der Waals surface area contributed by atoms with Crippen molar-refractivity contribution < 1.29 is 29.0 Å². The van der Waals surface area contributed by atoms with Gasteiger partial charge in [-0.15, -0.1) is 0 Å². The Morgan fingerprint density at radius 2 is 1.55 bits per heavy atom. The second kappa shape index (κ2) is 12.9. The molecular weight excluding hydrogens is 536 g/mol. The van der Waals surface area contributed by atoms with Gasteiger partial charge in [-0.05, 0) is 81.6 Å². The van der Waals surface area contributed by atoms with Gasteiger partial charge in [-0.25, -0.2) is 4.79 Å². The number of ether oxygens (including phenoxy) is 1. The quantitative estimate of drug-likeness (QED) is 0.266. The fourth-order valence-corrected chi connectivity index (χ4v) is 4.52. The first-order valence-corrected chi connectivity index (χ1v) is 13.8. The molecule has 0 saturated carbocycles. The predicted octanol–water partition coefficient (Wildman–Crippen LogP) is 5.01. The molecule has 0 aliphatic heterocycles. The maximum absolute atomic E-state index is 14.3. The minimum absolute atomic E-state index is 0.0155. The molecular formula is C32H40N4O6. The highest BCUT2D eigenvalue weighted by atomic mass is 16.6. The molecule has 0 aliphatic rings. The van der Waals surface area contributed by atoms with Crippen molar-refractivity contribution in [3.63, 3.8) is 0 Å². The third-order valence-corrected chi connectivity index (χ3v) is 6.88. The summed E-state index contributed by atoms with van der Waals surface area (Å²) in [5.74, 6) is -2.06. The van der Waals surface area contributed by atoms with E-state index in [0.717, 1.165) is 10.8 Å². The molecule has 0 aromatic heterocycles. The van der Waals surface area contributed by atoms with Gasteiger partial charge in [0.1, 0.15) is 23.4 Å². The summed E-state index contributed by atoms with van der Waals surface area (Å²) in [6.45, 7) is 10.4. The molecule has 42 heavy (non-hydrogen) atoms. The van der Waals surface area contributed by atoms with Crippen molar-refractivity contribution >= 4 is 40.3 Å². The van der Waals surface area contributed by atoms with Crippen LogP contribution in [0.4, 0.5) is 10.5 Å². The van der Waals surface area contributed by atoms with E-state index in [9.17, 15) is 24.3 Å². The van der Waals surface area contributed by atoms with Crippen molar-refractivity contribution in [2.24, 2.45) is 5.73 Å². The number of aromatic hydroxyl groups is 1. The molecule has 0 heterocycles. The van der Waals surface area contributed by atoms with Crippen LogP contribution in [0.5, 0.6) is 5.75 Å². The van der Waals surface area contributed by atoms with E-state index < -0.39 is 53.5 Å². The molecule has 0 radical (unpaired) electrons. The lowest BCUT2D eigenvalue weighted by Gasteiger charge is -2.44. The highest BCUT2D eigenvalue weighted by Crippen LogP contribution is 2.34. The molecule has 224 valence electrons. The van der Waals surface area contributed by atoms with Crippen LogP contribution in [-0.4, -0.2) is 51.0 Å². The Kier molecular flexibility index (Phi) is 9.83. The van der Waals surface area contributed by atoms with Crippen molar-refractivity contribution in [1.29, 1.82) is 0 Å². The van der Waals surface area contributed by atoms with Gasteiger partial charge in [0.25, 0.3) is 5.91 Å². The van der Waals surface area contributed by atoms with Crippen LogP contribution in [0.1, 0.15) is 66.0 Å². The fraction of sp³-hybridized carbons (Fsp3) is 0.375. The predicted molar refractivity (Wildman–Crippen MR) is 162 cm³/mol. The summed E-state index contributed by atoms with van der Waals surface area (Å²) < 4.78 is 5.33. The van der Waals surface area contributed by atoms with Crippen molar-refractivity contribution in [1.82, 2.24) is 10.2 Å². The van der Waals surface area contributed by atoms with Crippen LogP contribution < -0.4 is 16.4 Å². The molecule has 0 aliphatic carbocycles. The van der Waals surface area contributed by atoms with Gasteiger partial charge in [-0.2, -0.15) is 0 Å². The number of rotatable bonds is 10. The van der Waals surface area contributed by atoms with E-state index in [-0.39, 0.29) is 5.75 Å². The van der Waals surface area contributed by atoms with Crippen molar-refractivity contribution in [2.75, 3.05) is 5.32 Å². The normalized spacial score (nSPS) is 13.1. The van der Waals surface area contributed by atoms with Crippen LogP contribution in [0.25, 0.3) is 10.8 Å². The zero-order chi connectivity index (χ0) is 31.2. The third-order valence-electron chi connectivity index (χ3n) is 6.88. The van der Waals surface area contributed by atoms with Gasteiger partial charge in [-0.1, -0.05) is 49.4 Å². The van der Waals surface area contributed by atoms with Crippen LogP contribution in [0.3, 0.4) is 0 Å². The summed E-state index contributed by atoms with van der Waals surface area (Å²) in [4.78, 5) is 54.5. The average Bonchev–Trinajstić information content (AvgIpc) is 2.90. The molecule has 0 saturated heterocycles. The fourth-order valence-electron chi connectivity index (χ4n) is 4.52. The molecule has 0 fully saturated rings. The number of carbonyl (C=O) groups is 4. The number of hydrogen-bond acceptors (Lipinski definition) is 6. The van der Waals surface area contributed by atoms with Gasteiger partial charge in [0.05, 0.1) is 6.42 Å². The highest BCUT2D eigenvalue weighted by molar-refractivity contribution is 6.01. The Morgan fingerprint density at radius 3 is 2.12 bits per heavy atom. The van der Waals surface area contributed by atoms with Gasteiger partial charge >= 0.3 is 6.09 Å². The number of phenolic OH excluding ortho intramolecular Hbond substituents is 1. The smallest absolute Gasteiger partial charge is 0.408 e. The summed E-state index contributed by atoms with van der Waals surface area (Å²) in [5.41, 5.74) is 4.61. The number of nitrogens with one attached hydrogen (secondary N) is 2. The molecule has 0 spiro atoms. The zero-order valence-electron chi connectivity index (χ0n) is 24.9. The standard InChI is InChI=1S/C32H40N4O6/c1-7-32(5,6)36(29(40)25(19-26(33)38)35-30(41)42-31(2,3)4)27(21-13-16-24(37)17-14-21)28(39)34-23-15-12-20-10-8-9-11-22(20)18-23/h8-18,25,27,37H,7,19H2,1-6H3,(H2,33,38)(H,34,39)(H,35,41). The highest BCUT2D eigenvalue weighted by Gasteiger charge is 2.43. The van der Waals surface area contributed by atoms with E-state index in [1.54, 1.807) is 52.8 Å². The molecule has 10 heteroatoms. The Morgan fingerprint density at radius 1 is 0.929 bits per heavy atom. The maximum Gasteiger partial charge on any atom is 0.408 e. The van der Waals surface area contributed by atoms with E-state index >= 15 is 0 Å². The van der Waals surface area contributed by atoms with E-state index in [1.165, 1.54) is 17.0 Å². The molecule has 5 N–H and O–H groups in total. The number of hydrogen-bond donors (Lipinski definition) is 4. The summed E-state index contributed by atoms with van der Waals surface area (Å²) in [5, 5.41) is 17.3. The Labute approximate surface area is 246 Å². The Bertz CT molecular complexity index is 1450. The van der Waals surface area contributed by atoms with E-state index in [4.69, 9.17) is 10.5 Å². The first-order chi connectivity index (χ1) is 19.6. The topological polar surface area (TPSA) is 151 Å². The number of anilines is 1. The lowest BCUT2D eigenvalue weighted by molar-refractivity contribution is -0.148. The number of primary amides is 1. The second-order valence-corrected chi connectivity index (χ2v) is 11.8. The molecule has 2 atom stereocenters. The molecule has 4 amide bonds. The van der Waals surface area contributed by atoms with E-state index in [1.807, 2.05) is 43.3 Å². The molecule has 0 bridgehead atoms. The third kappa shape index (κ3) is 8.22. The van der Waals surface area contributed by atoms with Crippen molar-refractivity contribution in [3.05, 3.63) is 72.3 Å². The lowest BCUT2D eigenvalue weighted by atomic mass is 9.91. The van der Waals surface area contributed by atoms with Gasteiger partial charge in [0.2, 0.25) is 11.8 Å². The summed E-state index contributed by atoms with van der Waals surface area (Å²) in [6.07, 6.45) is -0.993. The summed E-state index contributed by atoms with van der Waals surface area (Å²) in [7, 11) is 0. The number of nitrogens with zero attached hydrogens (tertiary/aromatic N) is 1. The minimum Gasteiger partial charge on any atom is -0.508 e. The lowest BCUT2D eigenvalue weighted by Crippen LogP contribution is -2.59. The number of amides is 4. The number of nitrogens with two attached hydrogens (primary N) is 1. The van der Waals surface area contributed by atoms with Gasteiger partial charge in [0.15, 0.2) is 0 Å². The van der Waals surface area contributed by atoms with Crippen molar-refractivity contribution in [2.45, 2.75) is 77.6 Å². The number of fused-ring (bicyclic) bond motifs is 1. The van der Waals surface area contributed by atoms with Crippen LogP contribution in [-0.2, 0) is 19.1 Å². The maximum atomic E-state index is 14.3. The Hall–Kier alpha value is -4.60. The monoisotopic (exact) mass is 576 g/mol. The molecule has 2 unspecified atom stereocenters. The van der Waals surface area contributed by atoms with Crippen LogP contribution >= 0.6 is 0 Å². The van der Waals surface area contributed by atoms with Crippen LogP contribution in [0.2, 0.25) is 0 Å². The summed E-state index contributed by atoms with van der Waals surface area (Å²) in [6, 6.07) is 16.5. The van der Waals surface area contributed by atoms with Gasteiger partial charge in [-0.3, -0.25) is 14.4 Å². The number of alkyl carbamates (subject to hydrolysis) is 1. The van der Waals surface area contributed by atoms with E-state index in [2.05, 4.69) is 10.6 Å². The average molecular weight is 577 g/mol. The van der Waals surface area contributed by atoms with Crippen LogP contribution in [0.15, 0.2) is 66.7 Å². The Balaban J connectivity index is 2.10. The number of benzene rings is 3. The van der Waals surface area contributed by atoms with E-state index in [0.29, 0.717) is 17.7 Å². The molecule has 3 rings (SSSR count). The number of phenols is 1. The molecule has 3 aromatic carbocycles. The first-order valence-electron chi connectivity index (χ1n) is 13.8. The van der Waals surface area contributed by atoms with Gasteiger partial charge < -0.3 is 31.1 Å².